The van der Waals surface area contributed by atoms with Crippen molar-refractivity contribution in [1.82, 2.24) is 20.3 Å². The van der Waals surface area contributed by atoms with Gasteiger partial charge in [-0.3, -0.25) is 9.63 Å². The van der Waals surface area contributed by atoms with Gasteiger partial charge in [0, 0.05) is 38.4 Å². The predicted molar refractivity (Wildman–Crippen MR) is 133 cm³/mol. The zero-order valence-electron chi connectivity index (χ0n) is 18.9. The first-order chi connectivity index (χ1) is 16.0. The van der Waals surface area contributed by atoms with E-state index in [1.807, 2.05) is 61.2 Å². The summed E-state index contributed by atoms with van der Waals surface area (Å²) in [5.41, 5.74) is 1.66. The Hall–Kier alpha value is -2.53. The van der Waals surface area contributed by atoms with E-state index in [-0.39, 0.29) is 5.50 Å². The van der Waals surface area contributed by atoms with E-state index in [1.165, 1.54) is 11.8 Å². The van der Waals surface area contributed by atoms with Crippen molar-refractivity contribution in [2.24, 2.45) is 0 Å². The fourth-order valence-electron chi connectivity index (χ4n) is 3.91. The van der Waals surface area contributed by atoms with Gasteiger partial charge in [-0.1, -0.05) is 35.5 Å². The highest BCUT2D eigenvalue weighted by Crippen LogP contribution is 2.40. The molecule has 176 valence electrons. The van der Waals surface area contributed by atoms with Crippen LogP contribution in [0.5, 0.6) is 0 Å². The lowest BCUT2D eigenvalue weighted by atomic mass is 10.2. The number of hydrogen-bond acceptors (Lipinski definition) is 9. The van der Waals surface area contributed by atoms with Crippen LogP contribution in [0.4, 0.5) is 17.3 Å². The Labute approximate surface area is 203 Å². The number of carbonyl (C=O) groups is 1. The summed E-state index contributed by atoms with van der Waals surface area (Å²) in [7, 11) is 0. The number of anilines is 3. The molecule has 1 fully saturated rings. The number of halogens is 1. The number of para-hydroxylation sites is 1. The van der Waals surface area contributed by atoms with E-state index in [2.05, 4.69) is 25.5 Å². The van der Waals surface area contributed by atoms with Gasteiger partial charge in [-0.15, -0.1) is 0 Å². The van der Waals surface area contributed by atoms with E-state index in [4.69, 9.17) is 16.4 Å². The molecule has 2 aromatic rings. The smallest absolute Gasteiger partial charge is 0.211 e. The van der Waals surface area contributed by atoms with Gasteiger partial charge in [0.05, 0.1) is 22.3 Å². The number of amides is 1. The normalized spacial score (nSPS) is 18.9. The summed E-state index contributed by atoms with van der Waals surface area (Å²) in [5.74, 6) is 2.27. The molecule has 2 N–H and O–H groups in total. The molecule has 33 heavy (non-hydrogen) atoms. The number of aromatic nitrogens is 2. The van der Waals surface area contributed by atoms with Crippen LogP contribution in [-0.4, -0.2) is 59.7 Å². The zero-order valence-corrected chi connectivity index (χ0v) is 20.5. The number of thioether (sulfide) groups is 1. The second-order valence-electron chi connectivity index (χ2n) is 7.68. The van der Waals surface area contributed by atoms with Gasteiger partial charge >= 0.3 is 0 Å². The Morgan fingerprint density at radius 3 is 2.73 bits per heavy atom. The first-order valence-electron chi connectivity index (χ1n) is 10.9. The van der Waals surface area contributed by atoms with Crippen LogP contribution in [0.2, 0.25) is 5.02 Å². The van der Waals surface area contributed by atoms with Crippen LogP contribution >= 0.6 is 23.4 Å². The Morgan fingerprint density at radius 1 is 1.24 bits per heavy atom. The highest BCUT2D eigenvalue weighted by molar-refractivity contribution is 8.04. The van der Waals surface area contributed by atoms with Crippen LogP contribution in [0, 0.1) is 13.8 Å². The summed E-state index contributed by atoms with van der Waals surface area (Å²) in [6.07, 6.45) is 2.56. The lowest BCUT2D eigenvalue weighted by Crippen LogP contribution is -2.46. The molecule has 0 saturated carbocycles. The zero-order chi connectivity index (χ0) is 23.4. The molecule has 1 atom stereocenters. The number of benzene rings is 1. The lowest BCUT2D eigenvalue weighted by Gasteiger charge is -2.34. The van der Waals surface area contributed by atoms with Crippen molar-refractivity contribution in [1.29, 1.82) is 0 Å². The number of nitrogens with zero attached hydrogens (tertiary/aromatic N) is 5. The number of hydroxylamine groups is 2. The van der Waals surface area contributed by atoms with Crippen molar-refractivity contribution >= 4 is 47.1 Å². The molecule has 0 bridgehead atoms. The molecule has 9 nitrogen and oxygen atoms in total. The maximum Gasteiger partial charge on any atom is 0.211 e. The van der Waals surface area contributed by atoms with Crippen molar-refractivity contribution in [3.63, 3.8) is 0 Å². The van der Waals surface area contributed by atoms with Gasteiger partial charge < -0.3 is 20.4 Å². The van der Waals surface area contributed by atoms with Crippen LogP contribution in [0.25, 0.3) is 0 Å². The number of hydrogen-bond donors (Lipinski definition) is 2. The predicted octanol–water partition coefficient (Wildman–Crippen LogP) is 3.31. The fourth-order valence-corrected chi connectivity index (χ4v) is 5.22. The molecule has 2 aliphatic heterocycles. The Morgan fingerprint density at radius 2 is 2.03 bits per heavy atom. The van der Waals surface area contributed by atoms with Gasteiger partial charge in [-0.2, -0.15) is 5.06 Å². The third kappa shape index (κ3) is 5.52. The summed E-state index contributed by atoms with van der Waals surface area (Å²) >= 11 is 8.03. The molecule has 1 unspecified atom stereocenters. The van der Waals surface area contributed by atoms with Crippen molar-refractivity contribution < 1.29 is 9.63 Å². The van der Waals surface area contributed by atoms with Gasteiger partial charge in [-0.25, -0.2) is 9.97 Å². The number of piperazine rings is 1. The Balaban J connectivity index is 1.55. The first-order valence-corrected chi connectivity index (χ1v) is 12.1. The van der Waals surface area contributed by atoms with Crippen LogP contribution in [0.15, 0.2) is 35.5 Å². The molecular formula is C22H28ClN7O2S. The van der Waals surface area contributed by atoms with E-state index in [0.29, 0.717) is 29.7 Å². The topological polar surface area (TPSA) is 85.9 Å². The third-order valence-corrected chi connectivity index (χ3v) is 6.72. The highest BCUT2D eigenvalue weighted by atomic mass is 35.5. The largest absolute Gasteiger partial charge is 0.354 e. The minimum absolute atomic E-state index is 0.247. The second-order valence-corrected chi connectivity index (χ2v) is 9.20. The average molecular weight is 490 g/mol. The number of carbonyl (C=O) groups excluding carboxylic acids is 1. The van der Waals surface area contributed by atoms with Gasteiger partial charge in [0.25, 0.3) is 0 Å². The molecule has 0 aliphatic carbocycles. The monoisotopic (exact) mass is 489 g/mol. The number of rotatable bonds is 8. The van der Waals surface area contributed by atoms with Crippen LogP contribution in [0.3, 0.4) is 0 Å². The molecule has 0 radical (unpaired) electrons. The molecule has 1 aromatic heterocycles. The van der Waals surface area contributed by atoms with Crippen molar-refractivity contribution in [2.45, 2.75) is 26.3 Å². The van der Waals surface area contributed by atoms with Crippen molar-refractivity contribution in [3.05, 3.63) is 51.9 Å². The van der Waals surface area contributed by atoms with E-state index < -0.39 is 0 Å². The standard InChI is InChI=1S/C22H28ClN7O2S/c1-4-32-29-10-8-28(9-11-29)19-12-18(25-16(3)26-19)27-22-30(13-20(33-22)24-14-31)21-15(2)6-5-7-17(21)23/h5-7,12-14,22H,4,8-11H2,1-3H3,(H,24,31)(H,25,26,27). The van der Waals surface area contributed by atoms with Gasteiger partial charge in [0.1, 0.15) is 17.5 Å². The summed E-state index contributed by atoms with van der Waals surface area (Å²) in [6, 6.07) is 7.76. The molecule has 1 aromatic carbocycles. The maximum absolute atomic E-state index is 11.1. The Bertz CT molecular complexity index is 1010. The molecule has 1 saturated heterocycles. The van der Waals surface area contributed by atoms with E-state index in [1.54, 1.807) is 0 Å². The van der Waals surface area contributed by atoms with Gasteiger partial charge in [0.2, 0.25) is 6.41 Å². The summed E-state index contributed by atoms with van der Waals surface area (Å²) in [5, 5.41) is 9.59. The summed E-state index contributed by atoms with van der Waals surface area (Å²) in [6.45, 7) is 9.87. The first kappa shape index (κ1) is 23.6. The Kier molecular flexibility index (Phi) is 7.59. The van der Waals surface area contributed by atoms with Crippen molar-refractivity contribution in [2.75, 3.05) is 47.9 Å². The van der Waals surface area contributed by atoms with E-state index in [0.717, 1.165) is 48.3 Å². The molecular weight excluding hydrogens is 462 g/mol. The molecule has 1 amide bonds. The summed E-state index contributed by atoms with van der Waals surface area (Å²) < 4.78 is 0. The quantitative estimate of drug-likeness (QED) is 0.542. The maximum atomic E-state index is 11.1. The lowest BCUT2D eigenvalue weighted by molar-refractivity contribution is -0.156. The molecule has 0 spiro atoms. The fraction of sp³-hybridized carbons (Fsp3) is 0.409. The van der Waals surface area contributed by atoms with Gasteiger partial charge in [0.15, 0.2) is 5.50 Å². The summed E-state index contributed by atoms with van der Waals surface area (Å²) in [4.78, 5) is 30.2. The number of nitrogens with one attached hydrogen (secondary N) is 2. The number of aryl methyl sites for hydroxylation is 2. The van der Waals surface area contributed by atoms with Gasteiger partial charge in [-0.05, 0) is 32.4 Å². The second kappa shape index (κ2) is 10.6. The highest BCUT2D eigenvalue weighted by Gasteiger charge is 2.30. The average Bonchev–Trinajstić information content (AvgIpc) is 3.16. The minimum Gasteiger partial charge on any atom is -0.354 e. The van der Waals surface area contributed by atoms with Crippen LogP contribution in [-0.2, 0) is 9.63 Å². The van der Waals surface area contributed by atoms with Crippen LogP contribution < -0.4 is 20.4 Å². The van der Waals surface area contributed by atoms with E-state index >= 15 is 0 Å². The molecule has 3 heterocycles. The molecule has 2 aliphatic rings. The van der Waals surface area contributed by atoms with E-state index in [9.17, 15) is 4.79 Å². The molecule has 4 rings (SSSR count). The van der Waals surface area contributed by atoms with Crippen LogP contribution in [0.1, 0.15) is 18.3 Å². The SMILES string of the molecule is CCON1CCN(c2cc(NC3SC(NC=O)=CN3c3c(C)cccc3Cl)nc(C)n2)CC1. The minimum atomic E-state index is -0.247. The van der Waals surface area contributed by atoms with Crippen molar-refractivity contribution in [3.8, 4) is 0 Å². The third-order valence-electron chi connectivity index (χ3n) is 5.37. The molecule has 11 heteroatoms.